The summed E-state index contributed by atoms with van der Waals surface area (Å²) in [5.41, 5.74) is 5.85. The first-order valence-corrected chi connectivity index (χ1v) is 10.0. The molecule has 0 saturated carbocycles. The molecule has 158 valence electrons. The van der Waals surface area contributed by atoms with Gasteiger partial charge in [0.25, 0.3) is 0 Å². The van der Waals surface area contributed by atoms with Crippen molar-refractivity contribution in [2.75, 3.05) is 7.11 Å². The van der Waals surface area contributed by atoms with Gasteiger partial charge in [0, 0.05) is 23.2 Å². The number of aryl methyl sites for hydroxylation is 2. The Hall–Kier alpha value is -3.74. The third-order valence-electron chi connectivity index (χ3n) is 5.37. The quantitative estimate of drug-likeness (QED) is 0.442. The summed E-state index contributed by atoms with van der Waals surface area (Å²) in [5.74, 6) is -0.688. The van der Waals surface area contributed by atoms with E-state index in [4.69, 9.17) is 9.72 Å². The molecule has 7 heteroatoms. The van der Waals surface area contributed by atoms with E-state index < -0.39 is 5.97 Å². The van der Waals surface area contributed by atoms with E-state index in [-0.39, 0.29) is 19.0 Å². The van der Waals surface area contributed by atoms with Gasteiger partial charge in [-0.25, -0.2) is 14.3 Å². The molecule has 31 heavy (non-hydrogen) atoms. The number of fused-ring (bicyclic) bond motifs is 3. The number of carbonyl (C=O) groups is 2. The number of hydrogen-bond donors (Lipinski definition) is 0. The molecule has 0 aliphatic rings. The summed E-state index contributed by atoms with van der Waals surface area (Å²) in [7, 11) is 1.34. The van der Waals surface area contributed by atoms with E-state index in [0.29, 0.717) is 12.0 Å². The fraction of sp³-hybridized carbons (Fsp3) is 0.250. The first kappa shape index (κ1) is 20.5. The number of carbonyl (C=O) groups excluding carboxylic acids is 2. The molecule has 2 aromatic carbocycles. The summed E-state index contributed by atoms with van der Waals surface area (Å²) in [6.45, 7) is 4.11. The van der Waals surface area contributed by atoms with Gasteiger partial charge in [-0.3, -0.25) is 4.79 Å². The number of ether oxygens (including phenoxy) is 2. The van der Waals surface area contributed by atoms with E-state index >= 15 is 0 Å². The molecule has 0 bridgehead atoms. The van der Waals surface area contributed by atoms with Gasteiger partial charge in [-0.05, 0) is 55.7 Å². The molecule has 0 aliphatic heterocycles. The van der Waals surface area contributed by atoms with Crippen molar-refractivity contribution in [3.8, 4) is 0 Å². The monoisotopic (exact) mass is 417 g/mol. The topological polar surface area (TPSA) is 82.8 Å². The minimum atomic E-state index is -0.398. The van der Waals surface area contributed by atoms with Crippen LogP contribution in [0.25, 0.3) is 16.6 Å². The molecule has 0 radical (unpaired) electrons. The van der Waals surface area contributed by atoms with E-state index in [1.165, 1.54) is 7.11 Å². The van der Waals surface area contributed by atoms with Crippen molar-refractivity contribution in [2.45, 2.75) is 33.3 Å². The highest BCUT2D eigenvalue weighted by atomic mass is 16.5. The molecule has 2 aromatic heterocycles. The molecular weight excluding hydrogens is 394 g/mol. The van der Waals surface area contributed by atoms with Crippen LogP contribution in [0.15, 0.2) is 48.5 Å². The molecule has 0 aliphatic carbocycles. The Morgan fingerprint density at radius 1 is 1.03 bits per heavy atom. The predicted molar refractivity (Wildman–Crippen MR) is 116 cm³/mol. The number of hydrogen-bond acceptors (Lipinski definition) is 6. The smallest absolute Gasteiger partial charge is 0.337 e. The minimum absolute atomic E-state index is 0.153. The van der Waals surface area contributed by atoms with Crippen LogP contribution in [0.3, 0.4) is 0 Å². The van der Waals surface area contributed by atoms with Crippen molar-refractivity contribution < 1.29 is 19.1 Å². The summed E-state index contributed by atoms with van der Waals surface area (Å²) in [5, 5.41) is 5.66. The normalized spacial score (nSPS) is 11.1. The Morgan fingerprint density at radius 3 is 2.52 bits per heavy atom. The fourth-order valence-corrected chi connectivity index (χ4v) is 3.66. The first-order chi connectivity index (χ1) is 15.0. The molecule has 0 saturated heterocycles. The van der Waals surface area contributed by atoms with Gasteiger partial charge >= 0.3 is 11.9 Å². The lowest BCUT2D eigenvalue weighted by Crippen LogP contribution is -2.10. The number of esters is 2. The maximum Gasteiger partial charge on any atom is 0.337 e. The van der Waals surface area contributed by atoms with Gasteiger partial charge in [-0.15, -0.1) is 0 Å². The van der Waals surface area contributed by atoms with Gasteiger partial charge < -0.3 is 9.47 Å². The largest absolute Gasteiger partial charge is 0.465 e. The molecule has 0 fully saturated rings. The molecule has 0 N–H and O–H groups in total. The number of methoxy groups -OCH3 is 1. The van der Waals surface area contributed by atoms with Crippen LogP contribution in [-0.4, -0.2) is 33.6 Å². The van der Waals surface area contributed by atoms with Crippen molar-refractivity contribution in [2.24, 2.45) is 0 Å². The molecular formula is C24H23N3O4. The Bertz CT molecular complexity index is 1280. The molecule has 2 heterocycles. The van der Waals surface area contributed by atoms with Gasteiger partial charge in [-0.2, -0.15) is 5.10 Å². The van der Waals surface area contributed by atoms with Crippen LogP contribution in [0, 0.1) is 13.8 Å². The van der Waals surface area contributed by atoms with Crippen LogP contribution in [0.5, 0.6) is 0 Å². The molecule has 0 amide bonds. The predicted octanol–water partition coefficient (Wildman–Crippen LogP) is 3.96. The Morgan fingerprint density at radius 2 is 1.77 bits per heavy atom. The van der Waals surface area contributed by atoms with Crippen molar-refractivity contribution >= 4 is 28.5 Å². The summed E-state index contributed by atoms with van der Waals surface area (Å²) >= 11 is 0. The highest BCUT2D eigenvalue weighted by Gasteiger charge is 2.15. The Kier molecular flexibility index (Phi) is 5.66. The number of aromatic nitrogens is 3. The highest BCUT2D eigenvalue weighted by molar-refractivity contribution is 5.92. The summed E-state index contributed by atoms with van der Waals surface area (Å²) in [6, 6.07) is 14.7. The zero-order valence-electron chi connectivity index (χ0n) is 17.7. The lowest BCUT2D eigenvalue weighted by Gasteiger charge is -2.11. The Balaban J connectivity index is 1.42. The van der Waals surface area contributed by atoms with Crippen LogP contribution in [0.4, 0.5) is 0 Å². The second kappa shape index (κ2) is 8.55. The average Bonchev–Trinajstić information content (AvgIpc) is 3.16. The standard InChI is InChI=1S/C24H23N3O4/c1-15-19(16(2)27-23(25-15)20-6-4-5-7-21(20)26-27)12-13-22(28)31-14-17-8-10-18(11-9-17)24(29)30-3/h4-11H,12-14H2,1-3H3. The third-order valence-corrected chi connectivity index (χ3v) is 5.37. The third kappa shape index (κ3) is 4.12. The summed E-state index contributed by atoms with van der Waals surface area (Å²) < 4.78 is 11.9. The SMILES string of the molecule is COC(=O)c1ccc(COC(=O)CCc2c(C)nc3c4ccccc4nn3c2C)cc1. The highest BCUT2D eigenvalue weighted by Crippen LogP contribution is 2.23. The minimum Gasteiger partial charge on any atom is -0.465 e. The zero-order chi connectivity index (χ0) is 22.0. The second-order valence-corrected chi connectivity index (χ2v) is 7.36. The molecule has 0 spiro atoms. The van der Waals surface area contributed by atoms with E-state index in [1.807, 2.05) is 42.6 Å². The maximum absolute atomic E-state index is 12.3. The molecule has 4 rings (SSSR count). The number of benzene rings is 2. The lowest BCUT2D eigenvalue weighted by molar-refractivity contribution is -0.144. The van der Waals surface area contributed by atoms with Crippen molar-refractivity contribution in [3.63, 3.8) is 0 Å². The van der Waals surface area contributed by atoms with Crippen LogP contribution >= 0.6 is 0 Å². The number of rotatable bonds is 6. The molecule has 0 unspecified atom stereocenters. The Labute approximate surface area is 179 Å². The molecule has 0 atom stereocenters. The van der Waals surface area contributed by atoms with E-state index in [0.717, 1.165) is 39.1 Å². The summed E-state index contributed by atoms with van der Waals surface area (Å²) in [4.78, 5) is 28.5. The van der Waals surface area contributed by atoms with Crippen LogP contribution in [-0.2, 0) is 27.3 Å². The van der Waals surface area contributed by atoms with Gasteiger partial charge in [-0.1, -0.05) is 24.3 Å². The van der Waals surface area contributed by atoms with E-state index in [9.17, 15) is 9.59 Å². The fourth-order valence-electron chi connectivity index (χ4n) is 3.66. The molecule has 7 nitrogen and oxygen atoms in total. The average molecular weight is 417 g/mol. The maximum atomic E-state index is 12.3. The van der Waals surface area contributed by atoms with Gasteiger partial charge in [0.2, 0.25) is 0 Å². The van der Waals surface area contributed by atoms with Crippen LogP contribution < -0.4 is 0 Å². The zero-order valence-corrected chi connectivity index (χ0v) is 17.7. The van der Waals surface area contributed by atoms with Gasteiger partial charge in [0.15, 0.2) is 5.65 Å². The van der Waals surface area contributed by atoms with Gasteiger partial charge in [0.1, 0.15) is 6.61 Å². The van der Waals surface area contributed by atoms with Crippen LogP contribution in [0.2, 0.25) is 0 Å². The van der Waals surface area contributed by atoms with Crippen LogP contribution in [0.1, 0.15) is 39.3 Å². The van der Waals surface area contributed by atoms with Crippen molar-refractivity contribution in [1.82, 2.24) is 14.6 Å². The molecule has 4 aromatic rings. The van der Waals surface area contributed by atoms with Crippen molar-refractivity contribution in [1.29, 1.82) is 0 Å². The number of nitrogens with zero attached hydrogens (tertiary/aromatic N) is 3. The lowest BCUT2D eigenvalue weighted by atomic mass is 10.1. The first-order valence-electron chi connectivity index (χ1n) is 10.0. The van der Waals surface area contributed by atoms with Crippen molar-refractivity contribution in [3.05, 3.63) is 76.6 Å². The second-order valence-electron chi connectivity index (χ2n) is 7.36. The van der Waals surface area contributed by atoms with E-state index in [2.05, 4.69) is 9.84 Å². The van der Waals surface area contributed by atoms with Gasteiger partial charge in [0.05, 0.1) is 18.2 Å². The van der Waals surface area contributed by atoms with E-state index in [1.54, 1.807) is 24.3 Å². The summed E-state index contributed by atoms with van der Waals surface area (Å²) in [6.07, 6.45) is 0.771.